The van der Waals surface area contributed by atoms with Gasteiger partial charge in [-0.3, -0.25) is 0 Å². The van der Waals surface area contributed by atoms with Gasteiger partial charge in [0.05, 0.1) is 0 Å². The Bertz CT molecular complexity index is 349. The lowest BCUT2D eigenvalue weighted by molar-refractivity contribution is 0.168. The molecule has 2 fully saturated rings. The molecule has 1 aromatic rings. The first kappa shape index (κ1) is 11.2. The molecular formula is C15H22N2. The molecule has 2 aliphatic heterocycles. The summed E-state index contributed by atoms with van der Waals surface area (Å²) in [6, 6.07) is 11.6. The van der Waals surface area contributed by atoms with Gasteiger partial charge in [0, 0.05) is 19.1 Å². The second-order valence-electron chi connectivity index (χ2n) is 5.43. The van der Waals surface area contributed by atoms with E-state index in [9.17, 15) is 0 Å². The second-order valence-corrected chi connectivity index (χ2v) is 5.43. The van der Waals surface area contributed by atoms with Crippen LogP contribution in [0, 0.1) is 5.92 Å². The maximum absolute atomic E-state index is 3.65. The number of nitrogens with one attached hydrogen (secondary N) is 1. The Morgan fingerprint density at radius 1 is 1.18 bits per heavy atom. The number of piperidine rings is 1. The van der Waals surface area contributed by atoms with Crippen LogP contribution in [0.4, 0.5) is 0 Å². The van der Waals surface area contributed by atoms with Gasteiger partial charge in [-0.15, -0.1) is 0 Å². The van der Waals surface area contributed by atoms with Gasteiger partial charge in [-0.25, -0.2) is 0 Å². The minimum atomic E-state index is 0.777. The molecule has 3 rings (SSSR count). The van der Waals surface area contributed by atoms with Gasteiger partial charge in [-0.05, 0) is 43.8 Å². The number of nitrogens with zero attached hydrogens (tertiary/aromatic N) is 1. The summed E-state index contributed by atoms with van der Waals surface area (Å²) in [4.78, 5) is 2.63. The van der Waals surface area contributed by atoms with E-state index in [1.165, 1.54) is 51.0 Å². The molecule has 2 saturated heterocycles. The summed E-state index contributed by atoms with van der Waals surface area (Å²) in [5, 5.41) is 3.65. The monoisotopic (exact) mass is 230 g/mol. The fourth-order valence-corrected chi connectivity index (χ4v) is 3.23. The third kappa shape index (κ3) is 2.70. The molecule has 92 valence electrons. The first-order valence-electron chi connectivity index (χ1n) is 6.91. The van der Waals surface area contributed by atoms with Gasteiger partial charge in [0.2, 0.25) is 0 Å². The Morgan fingerprint density at radius 2 is 2.06 bits per heavy atom. The average molecular weight is 230 g/mol. The van der Waals surface area contributed by atoms with E-state index in [2.05, 4.69) is 40.5 Å². The zero-order valence-corrected chi connectivity index (χ0v) is 10.4. The predicted molar refractivity (Wildman–Crippen MR) is 71.1 cm³/mol. The van der Waals surface area contributed by atoms with Gasteiger partial charge in [-0.2, -0.15) is 0 Å². The summed E-state index contributed by atoms with van der Waals surface area (Å²) in [5.74, 6) is 0.961. The first-order chi connectivity index (χ1) is 8.42. The zero-order chi connectivity index (χ0) is 11.5. The lowest BCUT2D eigenvalue weighted by Gasteiger charge is -2.34. The van der Waals surface area contributed by atoms with Crippen molar-refractivity contribution in [3.05, 3.63) is 35.9 Å². The fourth-order valence-electron chi connectivity index (χ4n) is 3.23. The van der Waals surface area contributed by atoms with Crippen molar-refractivity contribution in [2.24, 2.45) is 5.92 Å². The zero-order valence-electron chi connectivity index (χ0n) is 10.4. The third-order valence-corrected chi connectivity index (χ3v) is 4.32. The molecule has 0 saturated carbocycles. The maximum atomic E-state index is 3.65. The molecule has 0 amide bonds. The van der Waals surface area contributed by atoms with Crippen LogP contribution in [0.5, 0.6) is 0 Å². The van der Waals surface area contributed by atoms with Crippen LogP contribution in [0.3, 0.4) is 0 Å². The van der Waals surface area contributed by atoms with Crippen LogP contribution in [-0.4, -0.2) is 37.1 Å². The lowest BCUT2D eigenvalue weighted by atomic mass is 9.92. The van der Waals surface area contributed by atoms with Crippen molar-refractivity contribution >= 4 is 0 Å². The highest BCUT2D eigenvalue weighted by Gasteiger charge is 2.31. The Kier molecular flexibility index (Phi) is 3.44. The minimum Gasteiger partial charge on any atom is -0.312 e. The van der Waals surface area contributed by atoms with Gasteiger partial charge < -0.3 is 10.2 Å². The van der Waals surface area contributed by atoms with Crippen molar-refractivity contribution < 1.29 is 0 Å². The molecule has 2 nitrogen and oxygen atoms in total. The Hall–Kier alpha value is -0.860. The highest BCUT2D eigenvalue weighted by molar-refractivity contribution is 5.14. The SMILES string of the molecule is c1ccc(CCN2CC[C@H]3CCNC3C2)cc1. The van der Waals surface area contributed by atoms with Gasteiger partial charge in [0.15, 0.2) is 0 Å². The molecule has 1 aromatic carbocycles. The molecular weight excluding hydrogens is 208 g/mol. The Labute approximate surface area is 104 Å². The number of rotatable bonds is 3. The second kappa shape index (κ2) is 5.19. The highest BCUT2D eigenvalue weighted by Crippen LogP contribution is 2.25. The number of hydrogen-bond donors (Lipinski definition) is 1. The molecule has 0 aromatic heterocycles. The average Bonchev–Trinajstić information content (AvgIpc) is 2.85. The fraction of sp³-hybridized carbons (Fsp3) is 0.600. The minimum absolute atomic E-state index is 0.777. The van der Waals surface area contributed by atoms with E-state index in [1.807, 2.05) is 0 Å². The lowest BCUT2D eigenvalue weighted by Crippen LogP contribution is -2.46. The Morgan fingerprint density at radius 3 is 2.94 bits per heavy atom. The quantitative estimate of drug-likeness (QED) is 0.853. The van der Waals surface area contributed by atoms with Crippen LogP contribution < -0.4 is 5.32 Å². The molecule has 17 heavy (non-hydrogen) atoms. The molecule has 2 aliphatic rings. The van der Waals surface area contributed by atoms with Crippen LogP contribution >= 0.6 is 0 Å². The van der Waals surface area contributed by atoms with Crippen molar-refractivity contribution in [2.45, 2.75) is 25.3 Å². The van der Waals surface area contributed by atoms with Crippen molar-refractivity contribution in [2.75, 3.05) is 26.2 Å². The molecule has 2 atom stereocenters. The van der Waals surface area contributed by atoms with Crippen molar-refractivity contribution in [3.63, 3.8) is 0 Å². The van der Waals surface area contributed by atoms with Crippen molar-refractivity contribution in [3.8, 4) is 0 Å². The van der Waals surface area contributed by atoms with E-state index in [1.54, 1.807) is 0 Å². The first-order valence-corrected chi connectivity index (χ1v) is 6.91. The van der Waals surface area contributed by atoms with Crippen LogP contribution in [0.1, 0.15) is 18.4 Å². The molecule has 0 radical (unpaired) electrons. The summed E-state index contributed by atoms with van der Waals surface area (Å²) in [6.45, 7) is 5.02. The van der Waals surface area contributed by atoms with E-state index in [0.717, 1.165) is 12.0 Å². The molecule has 0 bridgehead atoms. The summed E-state index contributed by atoms with van der Waals surface area (Å²) >= 11 is 0. The number of hydrogen-bond acceptors (Lipinski definition) is 2. The topological polar surface area (TPSA) is 15.3 Å². The van der Waals surface area contributed by atoms with E-state index < -0.39 is 0 Å². The smallest absolute Gasteiger partial charge is 0.0224 e. The highest BCUT2D eigenvalue weighted by atomic mass is 15.2. The molecule has 1 N–H and O–H groups in total. The van der Waals surface area contributed by atoms with Gasteiger partial charge in [0.1, 0.15) is 0 Å². The van der Waals surface area contributed by atoms with E-state index in [0.29, 0.717) is 0 Å². The maximum Gasteiger partial charge on any atom is 0.0224 e. The standard InChI is InChI=1S/C15H22N2/c1-2-4-13(5-3-1)7-10-17-11-8-14-6-9-16-15(14)12-17/h1-5,14-16H,6-12H2/t14-,15?/m1/s1. The largest absolute Gasteiger partial charge is 0.312 e. The molecule has 0 aliphatic carbocycles. The van der Waals surface area contributed by atoms with E-state index in [-0.39, 0.29) is 0 Å². The van der Waals surface area contributed by atoms with Crippen LogP contribution in [-0.2, 0) is 6.42 Å². The van der Waals surface area contributed by atoms with Crippen LogP contribution in [0.25, 0.3) is 0 Å². The van der Waals surface area contributed by atoms with Crippen LogP contribution in [0.2, 0.25) is 0 Å². The third-order valence-electron chi connectivity index (χ3n) is 4.32. The van der Waals surface area contributed by atoms with Gasteiger partial charge >= 0.3 is 0 Å². The molecule has 2 heterocycles. The molecule has 1 unspecified atom stereocenters. The molecule has 2 heteroatoms. The number of fused-ring (bicyclic) bond motifs is 1. The molecule has 0 spiro atoms. The Balaban J connectivity index is 1.50. The summed E-state index contributed by atoms with van der Waals surface area (Å²) < 4.78 is 0. The summed E-state index contributed by atoms with van der Waals surface area (Å²) in [6.07, 6.45) is 3.99. The number of benzene rings is 1. The predicted octanol–water partition coefficient (Wildman–Crippen LogP) is 1.91. The van der Waals surface area contributed by atoms with Gasteiger partial charge in [-0.1, -0.05) is 30.3 Å². The van der Waals surface area contributed by atoms with E-state index in [4.69, 9.17) is 0 Å². The van der Waals surface area contributed by atoms with E-state index >= 15 is 0 Å². The van der Waals surface area contributed by atoms with Crippen molar-refractivity contribution in [1.29, 1.82) is 0 Å². The van der Waals surface area contributed by atoms with Crippen LogP contribution in [0.15, 0.2) is 30.3 Å². The summed E-state index contributed by atoms with van der Waals surface area (Å²) in [5.41, 5.74) is 1.47. The van der Waals surface area contributed by atoms with Gasteiger partial charge in [0.25, 0.3) is 0 Å². The normalized spacial score (nSPS) is 29.2. The summed E-state index contributed by atoms with van der Waals surface area (Å²) in [7, 11) is 0. The number of likely N-dealkylation sites (tertiary alicyclic amines) is 1. The van der Waals surface area contributed by atoms with Crippen molar-refractivity contribution in [1.82, 2.24) is 10.2 Å².